The number of carbonyl (C=O) groups is 1. The number of rotatable bonds is 7. The van der Waals surface area contributed by atoms with Gasteiger partial charge in [-0.1, -0.05) is 17.7 Å². The fourth-order valence-corrected chi connectivity index (χ4v) is 4.22. The second-order valence-corrected chi connectivity index (χ2v) is 7.99. The maximum Gasteiger partial charge on any atom is 0.341 e. The van der Waals surface area contributed by atoms with E-state index in [9.17, 15) is 14.7 Å². The molecule has 1 aliphatic heterocycles. The summed E-state index contributed by atoms with van der Waals surface area (Å²) < 4.78 is 18.6. The number of ether oxygens (including phenoxy) is 3. The number of pyridine rings is 1. The number of halogens is 1. The predicted octanol–water partition coefficient (Wildman–Crippen LogP) is 4.28. The van der Waals surface area contributed by atoms with E-state index in [2.05, 4.69) is 0 Å². The number of carboxylic acid groups (broad SMARTS) is 1. The quantitative estimate of drug-likeness (QED) is 0.544. The smallest absolute Gasteiger partial charge is 0.341 e. The molecule has 1 aromatic carbocycles. The van der Waals surface area contributed by atoms with Gasteiger partial charge in [0.25, 0.3) is 0 Å². The van der Waals surface area contributed by atoms with E-state index < -0.39 is 17.6 Å². The number of aromatic carboxylic acids is 1. The first-order valence-corrected chi connectivity index (χ1v) is 10.4. The molecule has 0 saturated carbocycles. The van der Waals surface area contributed by atoms with E-state index in [-0.39, 0.29) is 5.56 Å². The van der Waals surface area contributed by atoms with Crippen LogP contribution in [0.25, 0.3) is 11.3 Å². The van der Waals surface area contributed by atoms with Crippen molar-refractivity contribution in [3.63, 3.8) is 0 Å². The number of aromatic nitrogens is 1. The van der Waals surface area contributed by atoms with E-state index in [1.807, 2.05) is 17.5 Å². The molecule has 0 unspecified atom stereocenters. The number of methoxy groups -OCH3 is 1. The van der Waals surface area contributed by atoms with E-state index in [1.54, 1.807) is 23.8 Å². The van der Waals surface area contributed by atoms with Crippen LogP contribution in [0.3, 0.4) is 0 Å². The Labute approximate surface area is 181 Å². The van der Waals surface area contributed by atoms with Gasteiger partial charge in [0.2, 0.25) is 6.23 Å². The summed E-state index contributed by atoms with van der Waals surface area (Å²) in [4.78, 5) is 24.7. The molecule has 3 heterocycles. The van der Waals surface area contributed by atoms with Crippen molar-refractivity contribution in [2.75, 3.05) is 20.3 Å². The van der Waals surface area contributed by atoms with Crippen LogP contribution in [0.1, 0.15) is 27.9 Å². The third-order valence-corrected chi connectivity index (χ3v) is 5.85. The third kappa shape index (κ3) is 3.81. The van der Waals surface area contributed by atoms with Gasteiger partial charge in [-0.3, -0.25) is 4.79 Å². The molecule has 2 aromatic heterocycles. The van der Waals surface area contributed by atoms with Gasteiger partial charge in [0.15, 0.2) is 5.43 Å². The van der Waals surface area contributed by atoms with Gasteiger partial charge in [-0.15, -0.1) is 11.3 Å². The SMILES string of the molecule is COCCCOc1cc2c(cc1Cl)-c1cc(=O)c(C(=O)O)cn1[C@@H](c1cccs1)O2. The molecule has 0 spiro atoms. The van der Waals surface area contributed by atoms with Crippen molar-refractivity contribution in [3.8, 4) is 22.8 Å². The highest BCUT2D eigenvalue weighted by molar-refractivity contribution is 7.10. The third-order valence-electron chi connectivity index (χ3n) is 4.65. The Morgan fingerprint density at radius 2 is 2.17 bits per heavy atom. The second kappa shape index (κ2) is 8.51. The fraction of sp³-hybridized carbons (Fsp3) is 0.238. The van der Waals surface area contributed by atoms with Crippen LogP contribution in [0, 0.1) is 0 Å². The summed E-state index contributed by atoms with van der Waals surface area (Å²) in [5.41, 5.74) is 0.211. The first-order chi connectivity index (χ1) is 14.5. The number of benzene rings is 1. The van der Waals surface area contributed by atoms with Crippen LogP contribution < -0.4 is 14.9 Å². The lowest BCUT2D eigenvalue weighted by Gasteiger charge is -2.31. The zero-order chi connectivity index (χ0) is 21.3. The monoisotopic (exact) mass is 447 g/mol. The molecule has 3 aromatic rings. The van der Waals surface area contributed by atoms with Crippen molar-refractivity contribution in [1.82, 2.24) is 4.57 Å². The van der Waals surface area contributed by atoms with Gasteiger partial charge in [-0.2, -0.15) is 0 Å². The molecule has 30 heavy (non-hydrogen) atoms. The lowest BCUT2D eigenvalue weighted by Crippen LogP contribution is -2.27. The van der Waals surface area contributed by atoms with Gasteiger partial charge in [-0.25, -0.2) is 4.79 Å². The molecule has 1 N–H and O–H groups in total. The van der Waals surface area contributed by atoms with Gasteiger partial charge in [0.05, 0.1) is 22.2 Å². The van der Waals surface area contributed by atoms with Crippen molar-refractivity contribution in [3.05, 3.63) is 67.6 Å². The van der Waals surface area contributed by atoms with E-state index in [4.69, 9.17) is 25.8 Å². The molecule has 1 aliphatic rings. The number of hydrogen-bond donors (Lipinski definition) is 1. The molecule has 9 heteroatoms. The summed E-state index contributed by atoms with van der Waals surface area (Å²) in [5.74, 6) is -0.319. The van der Waals surface area contributed by atoms with Crippen LogP contribution >= 0.6 is 22.9 Å². The Hall–Kier alpha value is -2.81. The van der Waals surface area contributed by atoms with Crippen molar-refractivity contribution in [2.45, 2.75) is 12.6 Å². The minimum atomic E-state index is -1.29. The average molecular weight is 448 g/mol. The number of nitrogens with zero attached hydrogens (tertiary/aromatic N) is 1. The molecule has 156 valence electrons. The molecule has 0 saturated heterocycles. The van der Waals surface area contributed by atoms with Gasteiger partial charge in [-0.05, 0) is 17.5 Å². The Kier molecular flexibility index (Phi) is 5.80. The summed E-state index contributed by atoms with van der Waals surface area (Å²) >= 11 is 7.88. The van der Waals surface area contributed by atoms with Gasteiger partial charge in [0.1, 0.15) is 17.1 Å². The van der Waals surface area contributed by atoms with E-state index in [1.165, 1.54) is 23.6 Å². The number of thiophene rings is 1. The minimum absolute atomic E-state index is 0.323. The lowest BCUT2D eigenvalue weighted by molar-refractivity contribution is 0.0693. The van der Waals surface area contributed by atoms with E-state index in [0.717, 1.165) is 4.88 Å². The van der Waals surface area contributed by atoms with Crippen molar-refractivity contribution in [1.29, 1.82) is 0 Å². The van der Waals surface area contributed by atoms with Gasteiger partial charge < -0.3 is 23.9 Å². The van der Waals surface area contributed by atoms with Gasteiger partial charge >= 0.3 is 5.97 Å². The zero-order valence-corrected chi connectivity index (χ0v) is 17.5. The van der Waals surface area contributed by atoms with E-state index >= 15 is 0 Å². The number of hydrogen-bond acceptors (Lipinski definition) is 6. The molecule has 0 aliphatic carbocycles. The van der Waals surface area contributed by atoms with Crippen LogP contribution in [0.2, 0.25) is 5.02 Å². The van der Waals surface area contributed by atoms with Crippen molar-refractivity contribution >= 4 is 28.9 Å². The molecule has 1 atom stereocenters. The van der Waals surface area contributed by atoms with Crippen LogP contribution in [0.5, 0.6) is 11.5 Å². The Morgan fingerprint density at radius 1 is 1.33 bits per heavy atom. The Bertz CT molecular complexity index is 1140. The van der Waals surface area contributed by atoms with Crippen LogP contribution in [-0.4, -0.2) is 36.0 Å². The first-order valence-electron chi connectivity index (χ1n) is 9.14. The zero-order valence-electron chi connectivity index (χ0n) is 16.0. The van der Waals surface area contributed by atoms with Crippen molar-refractivity contribution in [2.24, 2.45) is 0 Å². The molecule has 0 radical (unpaired) electrons. The summed E-state index contributed by atoms with van der Waals surface area (Å²) in [6.07, 6.45) is 1.41. The summed E-state index contributed by atoms with van der Waals surface area (Å²) in [5, 5.41) is 11.7. The maximum atomic E-state index is 12.4. The summed E-state index contributed by atoms with van der Waals surface area (Å²) in [7, 11) is 1.62. The first kappa shape index (κ1) is 20.5. The second-order valence-electron chi connectivity index (χ2n) is 6.61. The fourth-order valence-electron chi connectivity index (χ4n) is 3.25. The Balaban J connectivity index is 1.81. The molecule has 7 nitrogen and oxygen atoms in total. The minimum Gasteiger partial charge on any atom is -0.492 e. The highest BCUT2D eigenvalue weighted by Crippen LogP contribution is 2.45. The van der Waals surface area contributed by atoms with Crippen LogP contribution in [0.15, 0.2) is 46.7 Å². The summed E-state index contributed by atoms with van der Waals surface area (Å²) in [6, 6.07) is 8.44. The predicted molar refractivity (Wildman–Crippen MR) is 113 cm³/mol. The Morgan fingerprint density at radius 3 is 2.87 bits per heavy atom. The molecular formula is C21H18ClNO6S. The normalized spacial score (nSPS) is 14.5. The highest BCUT2D eigenvalue weighted by atomic mass is 35.5. The van der Waals surface area contributed by atoms with Crippen LogP contribution in [0.4, 0.5) is 0 Å². The maximum absolute atomic E-state index is 12.4. The topological polar surface area (TPSA) is 87.0 Å². The molecule has 0 fully saturated rings. The molecule has 0 bridgehead atoms. The van der Waals surface area contributed by atoms with Gasteiger partial charge in [0, 0.05) is 44.0 Å². The standard InChI is InChI=1S/C21H18ClNO6S/c1-27-5-3-6-28-18-10-17-12(8-14(18)22)15-9-16(24)13(21(25)26)11-23(15)20(29-17)19-4-2-7-30-19/h2,4,7-11,20H,3,5-6H2,1H3,(H,25,26)/t20-/m1/s1. The highest BCUT2D eigenvalue weighted by Gasteiger charge is 2.30. The number of carboxylic acids is 1. The summed E-state index contributed by atoms with van der Waals surface area (Å²) in [6.45, 7) is 1.00. The molecule has 0 amide bonds. The average Bonchev–Trinajstić information content (AvgIpc) is 3.25. The molecular weight excluding hydrogens is 430 g/mol. The number of fused-ring (bicyclic) bond motifs is 3. The van der Waals surface area contributed by atoms with Crippen molar-refractivity contribution < 1.29 is 24.1 Å². The van der Waals surface area contributed by atoms with E-state index in [0.29, 0.717) is 47.4 Å². The largest absolute Gasteiger partial charge is 0.492 e. The van der Waals surface area contributed by atoms with Crippen LogP contribution in [-0.2, 0) is 4.74 Å². The molecule has 4 rings (SSSR count). The lowest BCUT2D eigenvalue weighted by atomic mass is 10.1.